The van der Waals surface area contributed by atoms with Crippen LogP contribution in [0.4, 0.5) is 21.6 Å². The van der Waals surface area contributed by atoms with Gasteiger partial charge in [0.15, 0.2) is 5.78 Å². The van der Waals surface area contributed by atoms with Gasteiger partial charge in [-0.25, -0.2) is 9.07 Å². The Hall–Kier alpha value is -2.97. The molecule has 0 aliphatic carbocycles. The van der Waals surface area contributed by atoms with Crippen LogP contribution in [0.1, 0.15) is 29.9 Å². The first kappa shape index (κ1) is 18.8. The van der Waals surface area contributed by atoms with Crippen LogP contribution in [0.3, 0.4) is 0 Å². The number of piperazine rings is 1. The maximum absolute atomic E-state index is 14.4. The summed E-state index contributed by atoms with van der Waals surface area (Å²) in [6.45, 7) is 5.29. The number of rotatable bonds is 5. The predicted molar refractivity (Wildman–Crippen MR) is 100 cm³/mol. The van der Waals surface area contributed by atoms with Crippen molar-refractivity contribution in [3.63, 3.8) is 0 Å². The molecule has 0 bridgehead atoms. The second-order valence-electron chi connectivity index (χ2n) is 6.55. The van der Waals surface area contributed by atoms with E-state index in [1.165, 1.54) is 13.0 Å². The van der Waals surface area contributed by atoms with Gasteiger partial charge in [0.25, 0.3) is 0 Å². The number of aryl methyl sites for hydroxylation is 2. The Balaban J connectivity index is 1.80. The summed E-state index contributed by atoms with van der Waals surface area (Å²) >= 11 is 0. The van der Waals surface area contributed by atoms with Gasteiger partial charge in [0.2, 0.25) is 5.82 Å². The molecule has 0 saturated carbocycles. The van der Waals surface area contributed by atoms with Crippen molar-refractivity contribution in [1.29, 1.82) is 0 Å². The fourth-order valence-corrected chi connectivity index (χ4v) is 3.48. The molecular formula is C18H22FN5O3. The number of halogens is 1. The number of ketones is 1. The summed E-state index contributed by atoms with van der Waals surface area (Å²) in [5.74, 6) is -0.125. The molecule has 9 heteroatoms. The molecule has 8 nitrogen and oxygen atoms in total. The summed E-state index contributed by atoms with van der Waals surface area (Å²) in [6.07, 6.45) is 0.484. The molecule has 3 rings (SSSR count). The van der Waals surface area contributed by atoms with Crippen molar-refractivity contribution in [1.82, 2.24) is 9.78 Å². The highest BCUT2D eigenvalue weighted by atomic mass is 19.1. The minimum Gasteiger partial charge on any atom is -0.366 e. The maximum Gasteiger partial charge on any atom is 0.334 e. The normalized spacial score (nSPS) is 14.5. The predicted octanol–water partition coefficient (Wildman–Crippen LogP) is 2.56. The van der Waals surface area contributed by atoms with E-state index in [0.717, 1.165) is 0 Å². The molecule has 0 spiro atoms. The van der Waals surface area contributed by atoms with Crippen LogP contribution in [0, 0.1) is 15.9 Å². The van der Waals surface area contributed by atoms with E-state index in [1.54, 1.807) is 23.9 Å². The van der Waals surface area contributed by atoms with Gasteiger partial charge in [0.1, 0.15) is 11.5 Å². The molecule has 0 N–H and O–H groups in total. The minimum absolute atomic E-state index is 0.0467. The fraction of sp³-hybridized carbons (Fsp3) is 0.444. The van der Waals surface area contributed by atoms with E-state index in [4.69, 9.17) is 0 Å². The van der Waals surface area contributed by atoms with Crippen molar-refractivity contribution in [2.24, 2.45) is 7.05 Å². The van der Waals surface area contributed by atoms with Gasteiger partial charge in [-0.2, -0.15) is 5.10 Å². The van der Waals surface area contributed by atoms with Gasteiger partial charge in [0, 0.05) is 38.8 Å². The van der Waals surface area contributed by atoms with E-state index in [1.807, 2.05) is 16.7 Å². The van der Waals surface area contributed by atoms with Gasteiger partial charge in [-0.05, 0) is 31.5 Å². The van der Waals surface area contributed by atoms with Crippen LogP contribution in [-0.4, -0.2) is 46.7 Å². The Kier molecular flexibility index (Phi) is 5.11. The third-order valence-electron chi connectivity index (χ3n) is 4.85. The van der Waals surface area contributed by atoms with Crippen LogP contribution in [0.5, 0.6) is 0 Å². The van der Waals surface area contributed by atoms with Gasteiger partial charge < -0.3 is 9.80 Å². The van der Waals surface area contributed by atoms with Gasteiger partial charge in [0.05, 0.1) is 10.6 Å². The molecule has 0 radical (unpaired) electrons. The van der Waals surface area contributed by atoms with Crippen LogP contribution >= 0.6 is 0 Å². The van der Waals surface area contributed by atoms with E-state index < -0.39 is 5.82 Å². The molecule has 27 heavy (non-hydrogen) atoms. The Morgan fingerprint density at radius 2 is 1.89 bits per heavy atom. The van der Waals surface area contributed by atoms with E-state index in [0.29, 0.717) is 55.4 Å². The number of carbonyl (C=O) groups is 1. The van der Waals surface area contributed by atoms with Crippen LogP contribution in [0.2, 0.25) is 0 Å². The summed E-state index contributed by atoms with van der Waals surface area (Å²) in [5, 5.41) is 15.8. The zero-order chi connectivity index (χ0) is 19.7. The third-order valence-corrected chi connectivity index (χ3v) is 4.85. The number of aromatic nitrogens is 2. The molecule has 1 fully saturated rings. The lowest BCUT2D eigenvalue weighted by Gasteiger charge is -2.36. The first-order valence-corrected chi connectivity index (χ1v) is 8.84. The average Bonchev–Trinajstić information content (AvgIpc) is 2.98. The number of nitro groups is 1. The SMILES string of the molecule is CCc1nn(C)c(N2CCN(c3ccc(C(C)=O)cc3F)CC2)c1[N+](=O)[O-]. The summed E-state index contributed by atoms with van der Waals surface area (Å²) in [5.41, 5.74) is 1.29. The van der Waals surface area contributed by atoms with Crippen molar-refractivity contribution >= 4 is 23.0 Å². The number of anilines is 2. The first-order valence-electron chi connectivity index (χ1n) is 8.84. The third kappa shape index (κ3) is 3.49. The average molecular weight is 375 g/mol. The van der Waals surface area contributed by atoms with Crippen molar-refractivity contribution in [2.75, 3.05) is 36.0 Å². The molecule has 0 unspecified atom stereocenters. The van der Waals surface area contributed by atoms with E-state index >= 15 is 0 Å². The minimum atomic E-state index is -0.434. The Morgan fingerprint density at radius 1 is 1.26 bits per heavy atom. The van der Waals surface area contributed by atoms with E-state index in [2.05, 4.69) is 5.10 Å². The number of carbonyl (C=O) groups excluding carboxylic acids is 1. The monoisotopic (exact) mass is 375 g/mol. The molecule has 1 aliphatic rings. The Bertz CT molecular complexity index is 887. The number of nitrogens with zero attached hydrogens (tertiary/aromatic N) is 5. The molecule has 144 valence electrons. The largest absolute Gasteiger partial charge is 0.366 e. The lowest BCUT2D eigenvalue weighted by Crippen LogP contribution is -2.47. The number of hydrogen-bond donors (Lipinski definition) is 0. The van der Waals surface area contributed by atoms with Crippen LogP contribution < -0.4 is 9.80 Å². The Labute approximate surface area is 156 Å². The number of hydrogen-bond acceptors (Lipinski definition) is 6. The van der Waals surface area contributed by atoms with Crippen molar-refractivity contribution in [2.45, 2.75) is 20.3 Å². The lowest BCUT2D eigenvalue weighted by molar-refractivity contribution is -0.384. The van der Waals surface area contributed by atoms with Gasteiger partial charge in [-0.3, -0.25) is 14.9 Å². The smallest absolute Gasteiger partial charge is 0.334 e. The summed E-state index contributed by atoms with van der Waals surface area (Å²) in [4.78, 5) is 26.3. The zero-order valence-corrected chi connectivity index (χ0v) is 15.6. The molecule has 2 aromatic rings. The van der Waals surface area contributed by atoms with Crippen molar-refractivity contribution in [3.05, 3.63) is 45.4 Å². The standard InChI is InChI=1S/C18H22FN5O3/c1-4-15-17(24(26)27)18(21(3)20-15)23-9-7-22(8-10-23)16-6-5-13(12(2)25)11-14(16)19/h5-6,11H,4,7-10H2,1-3H3. The highest BCUT2D eigenvalue weighted by molar-refractivity contribution is 5.94. The molecule has 1 aliphatic heterocycles. The molecule has 1 saturated heterocycles. The van der Waals surface area contributed by atoms with Gasteiger partial charge in [-0.1, -0.05) is 6.92 Å². The van der Waals surface area contributed by atoms with Crippen LogP contribution in [0.25, 0.3) is 0 Å². The molecule has 0 amide bonds. The summed E-state index contributed by atoms with van der Waals surface area (Å²) < 4.78 is 15.9. The summed E-state index contributed by atoms with van der Waals surface area (Å²) in [6, 6.07) is 4.49. The van der Waals surface area contributed by atoms with E-state index in [-0.39, 0.29) is 16.4 Å². The molecule has 1 aromatic carbocycles. The van der Waals surface area contributed by atoms with E-state index in [9.17, 15) is 19.3 Å². The second-order valence-corrected chi connectivity index (χ2v) is 6.55. The quantitative estimate of drug-likeness (QED) is 0.454. The zero-order valence-electron chi connectivity index (χ0n) is 15.6. The first-order chi connectivity index (χ1) is 12.8. The van der Waals surface area contributed by atoms with Crippen LogP contribution in [-0.2, 0) is 13.5 Å². The lowest BCUT2D eigenvalue weighted by atomic mass is 10.1. The fourth-order valence-electron chi connectivity index (χ4n) is 3.48. The molecule has 0 atom stereocenters. The van der Waals surface area contributed by atoms with Gasteiger partial charge >= 0.3 is 5.69 Å². The maximum atomic E-state index is 14.4. The molecular weight excluding hydrogens is 353 g/mol. The topological polar surface area (TPSA) is 84.5 Å². The summed E-state index contributed by atoms with van der Waals surface area (Å²) in [7, 11) is 1.70. The second kappa shape index (κ2) is 7.34. The van der Waals surface area contributed by atoms with Crippen molar-refractivity contribution in [3.8, 4) is 0 Å². The molecule has 2 heterocycles. The van der Waals surface area contributed by atoms with Crippen LogP contribution in [0.15, 0.2) is 18.2 Å². The number of Topliss-reactive ketones (excluding diaryl/α,β-unsaturated/α-hetero) is 1. The van der Waals surface area contributed by atoms with Gasteiger partial charge in [-0.15, -0.1) is 0 Å². The van der Waals surface area contributed by atoms with Crippen molar-refractivity contribution < 1.29 is 14.1 Å². The Morgan fingerprint density at radius 3 is 2.41 bits per heavy atom. The number of benzene rings is 1. The molecule has 1 aromatic heterocycles. The highest BCUT2D eigenvalue weighted by Crippen LogP contribution is 2.33. The highest BCUT2D eigenvalue weighted by Gasteiger charge is 2.31.